The van der Waals surface area contributed by atoms with Gasteiger partial charge in [0.15, 0.2) is 0 Å². The Morgan fingerprint density at radius 2 is 2.07 bits per heavy atom. The number of amides is 1. The van der Waals surface area contributed by atoms with Crippen LogP contribution in [0, 0.1) is 5.92 Å². The average Bonchev–Trinajstić information content (AvgIpc) is 2.25. The molecular weight excluding hydrogens is 194 g/mol. The van der Waals surface area contributed by atoms with Crippen molar-refractivity contribution in [1.29, 1.82) is 0 Å². The van der Waals surface area contributed by atoms with Crippen molar-refractivity contribution in [2.75, 3.05) is 13.2 Å². The molecule has 4 heteroatoms. The highest BCUT2D eigenvalue weighted by atomic mass is 16.3. The monoisotopic (exact) mass is 215 g/mol. The van der Waals surface area contributed by atoms with E-state index in [4.69, 9.17) is 5.11 Å². The Morgan fingerprint density at radius 3 is 2.73 bits per heavy atom. The summed E-state index contributed by atoms with van der Waals surface area (Å²) in [6.07, 6.45) is 4.73. The topological polar surface area (TPSA) is 69.6 Å². The molecule has 0 saturated heterocycles. The maximum Gasteiger partial charge on any atom is 0.220 e. The lowest BCUT2D eigenvalue weighted by Gasteiger charge is -2.27. The molecule has 0 aromatic carbocycles. The molecule has 0 bridgehead atoms. The highest BCUT2D eigenvalue weighted by molar-refractivity contribution is 5.75. The van der Waals surface area contributed by atoms with Crippen LogP contribution in [-0.4, -0.2) is 35.4 Å². The van der Waals surface area contributed by atoms with Crippen LogP contribution in [0.1, 0.15) is 38.5 Å². The van der Waals surface area contributed by atoms with Crippen LogP contribution >= 0.6 is 0 Å². The Kier molecular flexibility index (Phi) is 5.65. The van der Waals surface area contributed by atoms with Gasteiger partial charge in [0.25, 0.3) is 0 Å². The van der Waals surface area contributed by atoms with Gasteiger partial charge in [0.1, 0.15) is 0 Å². The molecule has 2 unspecified atom stereocenters. The molecule has 0 spiro atoms. The minimum Gasteiger partial charge on any atom is -0.396 e. The van der Waals surface area contributed by atoms with Gasteiger partial charge >= 0.3 is 0 Å². The summed E-state index contributed by atoms with van der Waals surface area (Å²) in [6.45, 7) is 0.630. The van der Waals surface area contributed by atoms with Crippen molar-refractivity contribution in [2.45, 2.75) is 44.6 Å². The molecule has 0 aromatic rings. The Labute approximate surface area is 90.7 Å². The number of aliphatic hydroxyl groups excluding tert-OH is 2. The summed E-state index contributed by atoms with van der Waals surface area (Å²) >= 11 is 0. The molecule has 15 heavy (non-hydrogen) atoms. The maximum atomic E-state index is 11.2. The molecular formula is C11H21NO3. The molecule has 1 aliphatic carbocycles. The molecule has 2 atom stereocenters. The minimum absolute atomic E-state index is 0.0261. The van der Waals surface area contributed by atoms with Crippen LogP contribution in [0.15, 0.2) is 0 Å². The third-order valence-corrected chi connectivity index (χ3v) is 2.99. The quantitative estimate of drug-likeness (QED) is 0.622. The molecule has 0 aromatic heterocycles. The summed E-state index contributed by atoms with van der Waals surface area (Å²) in [5.41, 5.74) is 0. The van der Waals surface area contributed by atoms with E-state index >= 15 is 0 Å². The van der Waals surface area contributed by atoms with E-state index in [9.17, 15) is 9.90 Å². The Balaban J connectivity index is 2.14. The first-order valence-corrected chi connectivity index (χ1v) is 5.79. The molecule has 1 amide bonds. The second kappa shape index (κ2) is 6.80. The van der Waals surface area contributed by atoms with Crippen LogP contribution in [-0.2, 0) is 4.79 Å². The summed E-state index contributed by atoms with van der Waals surface area (Å²) in [7, 11) is 0. The Hall–Kier alpha value is -0.610. The van der Waals surface area contributed by atoms with Crippen molar-refractivity contribution in [3.05, 3.63) is 0 Å². The third kappa shape index (κ3) is 4.62. The zero-order valence-electron chi connectivity index (χ0n) is 9.11. The molecule has 3 N–H and O–H groups in total. The van der Waals surface area contributed by atoms with Gasteiger partial charge in [0.05, 0.1) is 6.10 Å². The molecule has 1 aliphatic rings. The van der Waals surface area contributed by atoms with Gasteiger partial charge in [-0.2, -0.15) is 0 Å². The maximum absolute atomic E-state index is 11.2. The Morgan fingerprint density at radius 1 is 1.33 bits per heavy atom. The first-order valence-electron chi connectivity index (χ1n) is 5.79. The lowest BCUT2D eigenvalue weighted by atomic mass is 9.86. The van der Waals surface area contributed by atoms with Crippen LogP contribution in [0.5, 0.6) is 0 Å². The molecule has 1 saturated carbocycles. The number of nitrogens with one attached hydrogen (secondary N) is 1. The van der Waals surface area contributed by atoms with Crippen molar-refractivity contribution in [3.63, 3.8) is 0 Å². The van der Waals surface area contributed by atoms with E-state index in [1.54, 1.807) is 0 Å². The summed E-state index contributed by atoms with van der Waals surface area (Å²) in [5.74, 6) is 0.193. The first kappa shape index (κ1) is 12.5. The fraction of sp³-hybridized carbons (Fsp3) is 0.909. The van der Waals surface area contributed by atoms with Crippen LogP contribution in [0.3, 0.4) is 0 Å². The number of hydrogen-bond donors (Lipinski definition) is 3. The van der Waals surface area contributed by atoms with Gasteiger partial charge in [0.2, 0.25) is 5.91 Å². The normalized spacial score (nSPS) is 26.3. The van der Waals surface area contributed by atoms with E-state index in [0.717, 1.165) is 25.7 Å². The molecule has 0 radical (unpaired) electrons. The van der Waals surface area contributed by atoms with Gasteiger partial charge < -0.3 is 15.5 Å². The summed E-state index contributed by atoms with van der Waals surface area (Å²) in [4.78, 5) is 11.2. The number of aliphatic hydroxyl groups is 2. The van der Waals surface area contributed by atoms with E-state index < -0.39 is 0 Å². The van der Waals surface area contributed by atoms with E-state index in [2.05, 4.69) is 5.32 Å². The third-order valence-electron chi connectivity index (χ3n) is 2.99. The molecule has 1 fully saturated rings. The van der Waals surface area contributed by atoms with Crippen molar-refractivity contribution in [2.24, 2.45) is 5.92 Å². The van der Waals surface area contributed by atoms with Crippen LogP contribution in [0.25, 0.3) is 0 Å². The van der Waals surface area contributed by atoms with E-state index in [-0.39, 0.29) is 24.5 Å². The van der Waals surface area contributed by atoms with Crippen molar-refractivity contribution < 1.29 is 15.0 Å². The fourth-order valence-corrected chi connectivity index (χ4v) is 2.00. The first-order chi connectivity index (χ1) is 7.24. The Bertz CT molecular complexity index is 196. The van der Waals surface area contributed by atoms with Crippen LogP contribution in [0.4, 0.5) is 0 Å². The number of carbonyl (C=O) groups is 1. The predicted octanol–water partition coefficient (Wildman–Crippen LogP) is 0.426. The van der Waals surface area contributed by atoms with Gasteiger partial charge in [-0.1, -0.05) is 12.8 Å². The zero-order valence-corrected chi connectivity index (χ0v) is 9.11. The lowest BCUT2D eigenvalue weighted by molar-refractivity contribution is -0.121. The largest absolute Gasteiger partial charge is 0.396 e. The lowest BCUT2D eigenvalue weighted by Crippen LogP contribution is -2.36. The van der Waals surface area contributed by atoms with Crippen LogP contribution in [0.2, 0.25) is 0 Å². The smallest absolute Gasteiger partial charge is 0.220 e. The molecule has 0 aliphatic heterocycles. The minimum atomic E-state index is -0.253. The van der Waals surface area contributed by atoms with Gasteiger partial charge in [-0.15, -0.1) is 0 Å². The van der Waals surface area contributed by atoms with Gasteiger partial charge in [-0.25, -0.2) is 0 Å². The SMILES string of the molecule is O=C(CCCO)NCC1CCCCC1O. The number of hydrogen-bond acceptors (Lipinski definition) is 3. The van der Waals surface area contributed by atoms with Gasteiger partial charge in [-0.3, -0.25) is 4.79 Å². The van der Waals surface area contributed by atoms with Gasteiger partial charge in [-0.05, 0) is 19.3 Å². The molecule has 4 nitrogen and oxygen atoms in total. The van der Waals surface area contributed by atoms with Crippen molar-refractivity contribution in [1.82, 2.24) is 5.32 Å². The van der Waals surface area contributed by atoms with Crippen molar-refractivity contribution >= 4 is 5.91 Å². The molecule has 1 rings (SSSR count). The zero-order chi connectivity index (χ0) is 11.1. The van der Waals surface area contributed by atoms with Crippen LogP contribution < -0.4 is 5.32 Å². The standard InChI is InChI=1S/C11H21NO3/c13-7-3-6-11(15)12-8-9-4-1-2-5-10(9)14/h9-10,13-14H,1-8H2,(H,12,15). The average molecular weight is 215 g/mol. The highest BCUT2D eigenvalue weighted by Crippen LogP contribution is 2.23. The fourth-order valence-electron chi connectivity index (χ4n) is 2.00. The van der Waals surface area contributed by atoms with E-state index in [1.165, 1.54) is 0 Å². The summed E-state index contributed by atoms with van der Waals surface area (Å²) in [6, 6.07) is 0. The van der Waals surface area contributed by atoms with Gasteiger partial charge in [0, 0.05) is 25.5 Å². The highest BCUT2D eigenvalue weighted by Gasteiger charge is 2.22. The summed E-state index contributed by atoms with van der Waals surface area (Å²) in [5, 5.41) is 21.0. The van der Waals surface area contributed by atoms with E-state index in [0.29, 0.717) is 19.4 Å². The van der Waals surface area contributed by atoms with E-state index in [1.807, 2.05) is 0 Å². The second-order valence-electron chi connectivity index (χ2n) is 4.24. The molecule has 0 heterocycles. The number of rotatable bonds is 5. The number of carbonyl (C=O) groups excluding carboxylic acids is 1. The molecule has 88 valence electrons. The second-order valence-corrected chi connectivity index (χ2v) is 4.24. The summed E-state index contributed by atoms with van der Waals surface area (Å²) < 4.78 is 0. The predicted molar refractivity (Wildman–Crippen MR) is 57.3 cm³/mol. The van der Waals surface area contributed by atoms with Crippen molar-refractivity contribution in [3.8, 4) is 0 Å².